The maximum absolute atomic E-state index is 13.4. The average molecular weight is 477 g/mol. The Morgan fingerprint density at radius 3 is 2.68 bits per heavy atom. The van der Waals surface area contributed by atoms with E-state index in [-0.39, 0.29) is 11.9 Å². The minimum absolute atomic E-state index is 0.121. The molecule has 1 aromatic carbocycles. The van der Waals surface area contributed by atoms with Crippen LogP contribution in [0.25, 0.3) is 22.3 Å². The molecule has 0 atom stereocenters. The van der Waals surface area contributed by atoms with Crippen molar-refractivity contribution in [2.75, 3.05) is 31.6 Å². The number of benzene rings is 1. The highest BCUT2D eigenvalue weighted by molar-refractivity contribution is 7.14. The van der Waals surface area contributed by atoms with Crippen molar-refractivity contribution in [3.05, 3.63) is 58.7 Å². The number of thiazole rings is 1. The third kappa shape index (κ3) is 4.72. The molecule has 9 heteroatoms. The van der Waals surface area contributed by atoms with Gasteiger partial charge in [0, 0.05) is 36.6 Å². The van der Waals surface area contributed by atoms with Crippen LogP contribution in [0.4, 0.5) is 5.13 Å². The monoisotopic (exact) mass is 476 g/mol. The van der Waals surface area contributed by atoms with Crippen LogP contribution in [-0.2, 0) is 11.3 Å². The molecule has 8 nitrogen and oxygen atoms in total. The van der Waals surface area contributed by atoms with E-state index in [1.54, 1.807) is 6.20 Å². The Hall–Kier alpha value is -3.14. The van der Waals surface area contributed by atoms with Gasteiger partial charge in [0.1, 0.15) is 0 Å². The molecule has 4 heterocycles. The number of carbonyl (C=O) groups excluding carboxylic acids is 1. The lowest BCUT2D eigenvalue weighted by atomic mass is 10.1. The average Bonchev–Trinajstić information content (AvgIpc) is 3.46. The number of anilines is 1. The summed E-state index contributed by atoms with van der Waals surface area (Å²) in [4.78, 5) is 25.2. The van der Waals surface area contributed by atoms with Crippen LogP contribution >= 0.6 is 11.3 Å². The van der Waals surface area contributed by atoms with Crippen LogP contribution in [0, 0.1) is 6.92 Å². The number of nitrogens with zero attached hydrogens (tertiary/aromatic N) is 5. The zero-order valence-electron chi connectivity index (χ0n) is 19.6. The quantitative estimate of drug-likeness (QED) is 0.440. The van der Waals surface area contributed by atoms with Gasteiger partial charge in [0.05, 0.1) is 41.7 Å². The fraction of sp³-hybridized carbons (Fsp3) is 0.360. The molecule has 0 unspecified atom stereocenters. The summed E-state index contributed by atoms with van der Waals surface area (Å²) >= 11 is 1.44. The van der Waals surface area contributed by atoms with Crippen LogP contribution in [0.5, 0.6) is 0 Å². The number of carbonyl (C=O) groups is 1. The van der Waals surface area contributed by atoms with Gasteiger partial charge in [0.2, 0.25) is 0 Å². The zero-order valence-corrected chi connectivity index (χ0v) is 20.4. The van der Waals surface area contributed by atoms with Gasteiger partial charge >= 0.3 is 0 Å². The normalized spacial score (nSPS) is 14.7. The molecule has 4 aromatic rings. The molecular weight excluding hydrogens is 448 g/mol. The smallest absolute Gasteiger partial charge is 0.258 e. The van der Waals surface area contributed by atoms with Crippen LogP contribution in [0.1, 0.15) is 41.5 Å². The van der Waals surface area contributed by atoms with E-state index in [0.29, 0.717) is 16.3 Å². The first-order valence-corrected chi connectivity index (χ1v) is 12.4. The maximum Gasteiger partial charge on any atom is 0.258 e. The lowest BCUT2D eigenvalue weighted by molar-refractivity contribution is 0.0337. The lowest BCUT2D eigenvalue weighted by Gasteiger charge is -2.25. The third-order valence-electron chi connectivity index (χ3n) is 5.91. The Bertz CT molecular complexity index is 1300. The molecule has 0 saturated carbocycles. The van der Waals surface area contributed by atoms with Crippen LogP contribution in [0.15, 0.2) is 41.9 Å². The summed E-state index contributed by atoms with van der Waals surface area (Å²) in [6, 6.07) is 10.1. The first-order chi connectivity index (χ1) is 16.5. The summed E-state index contributed by atoms with van der Waals surface area (Å²) < 4.78 is 7.27. The van der Waals surface area contributed by atoms with Crippen molar-refractivity contribution in [1.82, 2.24) is 24.6 Å². The summed E-state index contributed by atoms with van der Waals surface area (Å²) in [5.41, 5.74) is 5.07. The first-order valence-electron chi connectivity index (χ1n) is 11.5. The molecular formula is C25H28N6O2S. The van der Waals surface area contributed by atoms with Crippen LogP contribution < -0.4 is 5.32 Å². The summed E-state index contributed by atoms with van der Waals surface area (Å²) in [5.74, 6) is -0.212. The SMILES string of the molecule is Cc1ccc(-c2cc(C(=O)Nc3nc(CN4CCOCC4)cs3)c3cnn(C(C)C)c3n2)cc1. The number of fused-ring (bicyclic) bond motifs is 1. The lowest BCUT2D eigenvalue weighted by Crippen LogP contribution is -2.35. The summed E-state index contributed by atoms with van der Waals surface area (Å²) in [6.45, 7) is 10.2. The van der Waals surface area contributed by atoms with Gasteiger partial charge in [-0.3, -0.25) is 15.0 Å². The molecule has 0 radical (unpaired) electrons. The van der Waals surface area contributed by atoms with E-state index in [1.807, 2.05) is 40.4 Å². The number of aryl methyl sites for hydroxylation is 1. The van der Waals surface area contributed by atoms with Crippen molar-refractivity contribution < 1.29 is 9.53 Å². The Kier molecular flexibility index (Phi) is 6.40. The van der Waals surface area contributed by atoms with E-state index in [4.69, 9.17) is 9.72 Å². The highest BCUT2D eigenvalue weighted by Crippen LogP contribution is 2.28. The van der Waals surface area contributed by atoms with Crippen LogP contribution in [0.2, 0.25) is 0 Å². The summed E-state index contributed by atoms with van der Waals surface area (Å²) in [5, 5.41) is 10.8. The van der Waals surface area contributed by atoms with Crippen LogP contribution in [0.3, 0.4) is 0 Å². The number of hydrogen-bond acceptors (Lipinski definition) is 7. The van der Waals surface area contributed by atoms with Crippen LogP contribution in [-0.4, -0.2) is 56.9 Å². The summed E-state index contributed by atoms with van der Waals surface area (Å²) in [6.07, 6.45) is 1.72. The predicted molar refractivity (Wildman–Crippen MR) is 134 cm³/mol. The standard InChI is InChI=1S/C25H28N6O2S/c1-16(2)31-23-21(13-26-31)20(12-22(28-23)18-6-4-17(3)5-7-18)24(32)29-25-27-19(15-34-25)14-30-8-10-33-11-9-30/h4-7,12-13,15-16H,8-11,14H2,1-3H3,(H,27,29,32). The van der Waals surface area contributed by atoms with Crippen molar-refractivity contribution in [2.45, 2.75) is 33.4 Å². The van der Waals surface area contributed by atoms with Crippen molar-refractivity contribution in [3.63, 3.8) is 0 Å². The Morgan fingerprint density at radius 2 is 1.94 bits per heavy atom. The second kappa shape index (κ2) is 9.61. The molecule has 34 heavy (non-hydrogen) atoms. The zero-order chi connectivity index (χ0) is 23.7. The highest BCUT2D eigenvalue weighted by atomic mass is 32.1. The van der Waals surface area contributed by atoms with Crippen molar-refractivity contribution in [3.8, 4) is 11.3 Å². The minimum Gasteiger partial charge on any atom is -0.379 e. The number of pyridine rings is 1. The molecule has 1 saturated heterocycles. The number of amides is 1. The molecule has 1 aliphatic rings. The third-order valence-corrected chi connectivity index (χ3v) is 6.72. The predicted octanol–water partition coefficient (Wildman–Crippen LogP) is 4.53. The van der Waals surface area contributed by atoms with Gasteiger partial charge in [0.25, 0.3) is 5.91 Å². The van der Waals surface area contributed by atoms with E-state index in [9.17, 15) is 4.79 Å². The molecule has 5 rings (SSSR count). The van der Waals surface area contributed by atoms with E-state index in [2.05, 4.69) is 41.1 Å². The fourth-order valence-electron chi connectivity index (χ4n) is 4.05. The fourth-order valence-corrected chi connectivity index (χ4v) is 4.74. The number of aromatic nitrogens is 4. The molecule has 1 fully saturated rings. The Balaban J connectivity index is 1.45. The number of ether oxygens (including phenoxy) is 1. The molecule has 176 valence electrons. The number of morpholine rings is 1. The first kappa shape index (κ1) is 22.6. The van der Waals surface area contributed by atoms with Crippen molar-refractivity contribution >= 4 is 33.4 Å². The van der Waals surface area contributed by atoms with Gasteiger partial charge in [-0.05, 0) is 26.8 Å². The van der Waals surface area contributed by atoms with Gasteiger partial charge in [-0.15, -0.1) is 11.3 Å². The molecule has 0 bridgehead atoms. The van der Waals surface area contributed by atoms with Gasteiger partial charge in [-0.25, -0.2) is 14.6 Å². The number of rotatable bonds is 6. The van der Waals surface area contributed by atoms with E-state index < -0.39 is 0 Å². The molecule has 1 N–H and O–H groups in total. The minimum atomic E-state index is -0.212. The second-order valence-electron chi connectivity index (χ2n) is 8.83. The molecule has 1 aliphatic heterocycles. The van der Waals surface area contributed by atoms with E-state index in [1.165, 1.54) is 16.9 Å². The van der Waals surface area contributed by atoms with E-state index in [0.717, 1.165) is 55.2 Å². The number of hydrogen-bond donors (Lipinski definition) is 1. The Morgan fingerprint density at radius 1 is 1.18 bits per heavy atom. The Labute approximate surface area is 202 Å². The molecule has 0 spiro atoms. The van der Waals surface area contributed by atoms with Gasteiger partial charge < -0.3 is 4.74 Å². The van der Waals surface area contributed by atoms with Crippen molar-refractivity contribution in [1.29, 1.82) is 0 Å². The largest absolute Gasteiger partial charge is 0.379 e. The topological polar surface area (TPSA) is 85.2 Å². The summed E-state index contributed by atoms with van der Waals surface area (Å²) in [7, 11) is 0. The van der Waals surface area contributed by atoms with Gasteiger partial charge in [0.15, 0.2) is 10.8 Å². The second-order valence-corrected chi connectivity index (χ2v) is 9.69. The molecule has 3 aromatic heterocycles. The van der Waals surface area contributed by atoms with Crippen molar-refractivity contribution in [2.24, 2.45) is 0 Å². The number of nitrogens with one attached hydrogen (secondary N) is 1. The van der Waals surface area contributed by atoms with E-state index >= 15 is 0 Å². The van der Waals surface area contributed by atoms with Gasteiger partial charge in [-0.2, -0.15) is 5.10 Å². The molecule has 0 aliphatic carbocycles. The highest BCUT2D eigenvalue weighted by Gasteiger charge is 2.20. The van der Waals surface area contributed by atoms with Gasteiger partial charge in [-0.1, -0.05) is 29.8 Å². The maximum atomic E-state index is 13.4. The molecule has 1 amide bonds.